The molecular formula is C22H19NO3S. The summed E-state index contributed by atoms with van der Waals surface area (Å²) in [6.45, 7) is 2.01. The molecule has 3 aromatic rings. The van der Waals surface area contributed by atoms with Crippen LogP contribution in [0.4, 0.5) is 5.69 Å². The number of hydrogen-bond donors (Lipinski definition) is 1. The second-order valence-corrected chi connectivity index (χ2v) is 8.48. The number of anilines is 1. The van der Waals surface area contributed by atoms with E-state index in [1.807, 2.05) is 43.3 Å². The summed E-state index contributed by atoms with van der Waals surface area (Å²) in [5.41, 5.74) is 4.73. The van der Waals surface area contributed by atoms with Gasteiger partial charge in [-0.2, -0.15) is 0 Å². The topological polar surface area (TPSA) is 63.2 Å². The first kappa shape index (κ1) is 17.5. The minimum absolute atomic E-state index is 0.224. The lowest BCUT2D eigenvalue weighted by molar-refractivity contribution is -0.107. The fraction of sp³-hybridized carbons (Fsp3) is 0.136. The molecule has 5 heteroatoms. The van der Waals surface area contributed by atoms with Crippen LogP contribution in [0.15, 0.2) is 71.1 Å². The number of allylic oxidation sites excluding steroid dienone is 2. The van der Waals surface area contributed by atoms with Crippen LogP contribution >= 0.6 is 0 Å². The van der Waals surface area contributed by atoms with Crippen LogP contribution < -0.4 is 4.72 Å². The third-order valence-corrected chi connectivity index (χ3v) is 6.36. The molecule has 3 aromatic carbocycles. The zero-order valence-corrected chi connectivity index (χ0v) is 15.7. The van der Waals surface area contributed by atoms with Crippen LogP contribution in [-0.2, 0) is 21.2 Å². The molecule has 0 heterocycles. The van der Waals surface area contributed by atoms with Gasteiger partial charge in [0.1, 0.15) is 6.29 Å². The van der Waals surface area contributed by atoms with E-state index in [2.05, 4.69) is 4.72 Å². The SMILES string of the molecule is CC1=C(CC=O)c2cc(NS(=O)(=O)c3ccc4ccccc4c3)ccc2C1. The molecule has 0 amide bonds. The van der Waals surface area contributed by atoms with Gasteiger partial charge in [0.2, 0.25) is 0 Å². The van der Waals surface area contributed by atoms with Gasteiger partial charge in [-0.15, -0.1) is 0 Å². The Morgan fingerprint density at radius 3 is 2.56 bits per heavy atom. The molecule has 0 unspecified atom stereocenters. The Morgan fingerprint density at radius 1 is 1.00 bits per heavy atom. The first-order valence-corrected chi connectivity index (χ1v) is 10.2. The van der Waals surface area contributed by atoms with Crippen LogP contribution in [0.1, 0.15) is 24.5 Å². The summed E-state index contributed by atoms with van der Waals surface area (Å²) in [6, 6.07) is 18.3. The van der Waals surface area contributed by atoms with E-state index in [4.69, 9.17) is 0 Å². The zero-order valence-electron chi connectivity index (χ0n) is 14.9. The predicted molar refractivity (Wildman–Crippen MR) is 108 cm³/mol. The second-order valence-electron chi connectivity index (χ2n) is 6.79. The zero-order chi connectivity index (χ0) is 19.0. The van der Waals surface area contributed by atoms with Gasteiger partial charge in [-0.1, -0.05) is 42.0 Å². The quantitative estimate of drug-likeness (QED) is 0.663. The van der Waals surface area contributed by atoms with Crippen molar-refractivity contribution in [3.05, 3.63) is 77.4 Å². The van der Waals surface area contributed by atoms with E-state index in [0.717, 1.165) is 45.8 Å². The molecule has 27 heavy (non-hydrogen) atoms. The Hall–Kier alpha value is -2.92. The van der Waals surface area contributed by atoms with Crippen LogP contribution in [0.5, 0.6) is 0 Å². The molecule has 0 bridgehead atoms. The third-order valence-electron chi connectivity index (χ3n) is 4.98. The van der Waals surface area contributed by atoms with Crippen molar-refractivity contribution in [1.29, 1.82) is 0 Å². The number of aldehydes is 1. The number of nitrogens with one attached hydrogen (secondary N) is 1. The summed E-state index contributed by atoms with van der Waals surface area (Å²) in [5, 5.41) is 1.87. The fourth-order valence-electron chi connectivity index (χ4n) is 3.61. The maximum absolute atomic E-state index is 12.8. The summed E-state index contributed by atoms with van der Waals surface area (Å²) in [5.74, 6) is 0. The largest absolute Gasteiger partial charge is 0.303 e. The van der Waals surface area contributed by atoms with Crippen molar-refractivity contribution in [3.8, 4) is 0 Å². The number of sulfonamides is 1. The van der Waals surface area contributed by atoms with Gasteiger partial charge in [-0.05, 0) is 65.1 Å². The second kappa shape index (κ2) is 6.67. The average molecular weight is 377 g/mol. The molecule has 4 rings (SSSR count). The van der Waals surface area contributed by atoms with Gasteiger partial charge >= 0.3 is 0 Å². The van der Waals surface area contributed by atoms with Gasteiger partial charge < -0.3 is 4.79 Å². The maximum Gasteiger partial charge on any atom is 0.261 e. The monoisotopic (exact) mass is 377 g/mol. The highest BCUT2D eigenvalue weighted by Crippen LogP contribution is 2.36. The molecule has 0 aliphatic heterocycles. The molecule has 0 saturated heterocycles. The summed E-state index contributed by atoms with van der Waals surface area (Å²) in [4.78, 5) is 11.2. The predicted octanol–water partition coefficient (Wildman–Crippen LogP) is 4.56. The molecule has 0 atom stereocenters. The number of fused-ring (bicyclic) bond motifs is 2. The Labute approximate surface area is 158 Å². The summed E-state index contributed by atoms with van der Waals surface area (Å²) >= 11 is 0. The van der Waals surface area contributed by atoms with E-state index in [-0.39, 0.29) is 4.90 Å². The minimum Gasteiger partial charge on any atom is -0.303 e. The Bertz CT molecular complexity index is 1190. The molecular weight excluding hydrogens is 358 g/mol. The van der Waals surface area contributed by atoms with E-state index < -0.39 is 10.0 Å². The van der Waals surface area contributed by atoms with Gasteiger partial charge in [0.05, 0.1) is 4.90 Å². The Kier molecular flexibility index (Phi) is 4.32. The average Bonchev–Trinajstić information content (AvgIpc) is 2.96. The van der Waals surface area contributed by atoms with E-state index >= 15 is 0 Å². The number of benzene rings is 3. The van der Waals surface area contributed by atoms with Crippen LogP contribution in [0.25, 0.3) is 16.3 Å². The normalized spacial score (nSPS) is 13.7. The fourth-order valence-corrected chi connectivity index (χ4v) is 4.70. The highest BCUT2D eigenvalue weighted by Gasteiger charge is 2.21. The van der Waals surface area contributed by atoms with Gasteiger partial charge in [-0.25, -0.2) is 8.42 Å². The molecule has 136 valence electrons. The van der Waals surface area contributed by atoms with Crippen molar-refractivity contribution in [2.24, 2.45) is 0 Å². The lowest BCUT2D eigenvalue weighted by Crippen LogP contribution is -2.13. The van der Waals surface area contributed by atoms with Crippen LogP contribution in [-0.4, -0.2) is 14.7 Å². The van der Waals surface area contributed by atoms with Gasteiger partial charge in [-0.3, -0.25) is 4.72 Å². The number of carbonyl (C=O) groups excluding carboxylic acids is 1. The molecule has 1 aliphatic rings. The molecule has 0 spiro atoms. The first-order chi connectivity index (χ1) is 13.0. The van der Waals surface area contributed by atoms with Crippen LogP contribution in [0.3, 0.4) is 0 Å². The third kappa shape index (κ3) is 3.26. The minimum atomic E-state index is -3.70. The van der Waals surface area contributed by atoms with E-state index in [1.165, 1.54) is 0 Å². The van der Waals surface area contributed by atoms with E-state index in [9.17, 15) is 13.2 Å². The molecule has 1 aliphatic carbocycles. The number of rotatable bonds is 5. The van der Waals surface area contributed by atoms with Crippen molar-refractivity contribution in [2.75, 3.05) is 4.72 Å². The molecule has 0 fully saturated rings. The lowest BCUT2D eigenvalue weighted by Gasteiger charge is -2.11. The molecule has 0 saturated carbocycles. The van der Waals surface area contributed by atoms with Crippen molar-refractivity contribution in [1.82, 2.24) is 0 Å². The molecule has 0 aromatic heterocycles. The summed E-state index contributed by atoms with van der Waals surface area (Å²) in [7, 11) is -3.70. The van der Waals surface area contributed by atoms with Crippen LogP contribution in [0.2, 0.25) is 0 Å². The van der Waals surface area contributed by atoms with Crippen molar-refractivity contribution in [2.45, 2.75) is 24.7 Å². The summed E-state index contributed by atoms with van der Waals surface area (Å²) < 4.78 is 28.3. The maximum atomic E-state index is 12.8. The smallest absolute Gasteiger partial charge is 0.261 e. The molecule has 0 radical (unpaired) electrons. The van der Waals surface area contributed by atoms with Crippen molar-refractivity contribution in [3.63, 3.8) is 0 Å². The van der Waals surface area contributed by atoms with Gasteiger partial charge in [0, 0.05) is 12.1 Å². The van der Waals surface area contributed by atoms with Crippen LogP contribution in [0, 0.1) is 0 Å². The first-order valence-electron chi connectivity index (χ1n) is 8.75. The highest BCUT2D eigenvalue weighted by atomic mass is 32.2. The Morgan fingerprint density at radius 2 is 1.78 bits per heavy atom. The van der Waals surface area contributed by atoms with Crippen molar-refractivity contribution < 1.29 is 13.2 Å². The van der Waals surface area contributed by atoms with Gasteiger partial charge in [0.25, 0.3) is 10.0 Å². The number of carbonyl (C=O) groups is 1. The van der Waals surface area contributed by atoms with Gasteiger partial charge in [0.15, 0.2) is 0 Å². The van der Waals surface area contributed by atoms with Crippen molar-refractivity contribution >= 4 is 38.3 Å². The molecule has 1 N–H and O–H groups in total. The number of hydrogen-bond acceptors (Lipinski definition) is 3. The Balaban J connectivity index is 1.68. The molecule has 4 nitrogen and oxygen atoms in total. The standard InChI is InChI=1S/C22H19NO3S/c1-15-12-18-6-8-19(14-22(18)21(15)10-11-24)23-27(25,26)20-9-7-16-4-2-3-5-17(16)13-20/h2-9,11,13-14,23H,10,12H2,1H3. The lowest BCUT2D eigenvalue weighted by atomic mass is 10.0. The summed E-state index contributed by atoms with van der Waals surface area (Å²) in [6.07, 6.45) is 2.04. The highest BCUT2D eigenvalue weighted by molar-refractivity contribution is 7.92. The van der Waals surface area contributed by atoms with E-state index in [1.54, 1.807) is 24.3 Å². The van der Waals surface area contributed by atoms with E-state index in [0.29, 0.717) is 12.1 Å².